The Morgan fingerprint density at radius 3 is 2.71 bits per heavy atom. The molecule has 1 aromatic heterocycles. The van der Waals surface area contributed by atoms with E-state index in [1.807, 2.05) is 0 Å². The smallest absolute Gasteiger partial charge is 0.331 e. The number of nitrogens with one attached hydrogen (secondary N) is 1. The van der Waals surface area contributed by atoms with Crippen molar-refractivity contribution in [2.75, 3.05) is 6.61 Å². The Hall–Kier alpha value is -2.04. The van der Waals surface area contributed by atoms with Crippen LogP contribution in [0.1, 0.15) is 16.1 Å². The van der Waals surface area contributed by atoms with E-state index in [2.05, 4.69) is 4.98 Å². The molecule has 0 aliphatic heterocycles. The van der Waals surface area contributed by atoms with Crippen molar-refractivity contribution in [1.82, 2.24) is 4.98 Å². The monoisotopic (exact) mass is 323 g/mol. The van der Waals surface area contributed by atoms with Crippen LogP contribution in [0.2, 0.25) is 10.0 Å². The molecule has 2 rings (SSSR count). The topological polar surface area (TPSA) is 59.2 Å². The lowest BCUT2D eigenvalue weighted by atomic mass is 10.2. The second-order valence-corrected chi connectivity index (χ2v) is 4.88. The number of H-pyrrole nitrogens is 1. The minimum atomic E-state index is -0.633. The Morgan fingerprint density at radius 1 is 1.19 bits per heavy atom. The average Bonchev–Trinajstić information content (AvgIpc) is 3.00. The van der Waals surface area contributed by atoms with Crippen LogP contribution in [0.4, 0.5) is 0 Å². The van der Waals surface area contributed by atoms with Crippen molar-refractivity contribution < 1.29 is 14.3 Å². The summed E-state index contributed by atoms with van der Waals surface area (Å²) in [6, 6.07) is 8.37. The fraction of sp³-hybridized carbons (Fsp3) is 0.0667. The minimum Gasteiger partial charge on any atom is -0.454 e. The molecule has 1 N–H and O–H groups in total. The third-order valence-electron chi connectivity index (χ3n) is 2.62. The van der Waals surface area contributed by atoms with Crippen molar-refractivity contribution in [2.24, 2.45) is 0 Å². The number of aromatic amines is 1. The van der Waals surface area contributed by atoms with Crippen LogP contribution in [0, 0.1) is 0 Å². The fourth-order valence-electron chi connectivity index (χ4n) is 1.57. The van der Waals surface area contributed by atoms with Crippen molar-refractivity contribution in [3.8, 4) is 0 Å². The van der Waals surface area contributed by atoms with Gasteiger partial charge in [-0.25, -0.2) is 4.79 Å². The van der Waals surface area contributed by atoms with E-state index in [-0.39, 0.29) is 12.4 Å². The predicted octanol–water partition coefficient (Wildman–Crippen LogP) is 3.76. The SMILES string of the molecule is O=C(C=Cc1cccc(Cl)c1Cl)OCC(=O)c1ccc[nH]1. The van der Waals surface area contributed by atoms with Gasteiger partial charge in [-0.3, -0.25) is 4.79 Å². The zero-order valence-corrected chi connectivity index (χ0v) is 12.3. The van der Waals surface area contributed by atoms with Crippen LogP contribution >= 0.6 is 23.2 Å². The molecule has 2 aromatic rings. The number of hydrogen-bond acceptors (Lipinski definition) is 3. The first-order chi connectivity index (χ1) is 10.1. The molecule has 0 aliphatic carbocycles. The standard InChI is InChI=1S/C15H11Cl2NO3/c16-11-4-1-3-10(15(11)17)6-7-14(20)21-9-13(19)12-5-2-8-18-12/h1-8,18H,9H2. The van der Waals surface area contributed by atoms with Gasteiger partial charge in [-0.15, -0.1) is 0 Å². The van der Waals surface area contributed by atoms with Gasteiger partial charge < -0.3 is 9.72 Å². The molecule has 1 heterocycles. The highest BCUT2D eigenvalue weighted by Gasteiger charge is 2.09. The molecular weight excluding hydrogens is 313 g/mol. The Bertz CT molecular complexity index is 678. The maximum atomic E-state index is 11.6. The number of rotatable bonds is 5. The van der Waals surface area contributed by atoms with E-state index in [0.717, 1.165) is 0 Å². The van der Waals surface area contributed by atoms with Crippen LogP contribution in [-0.4, -0.2) is 23.3 Å². The normalized spacial score (nSPS) is 10.8. The molecular formula is C15H11Cl2NO3. The van der Waals surface area contributed by atoms with Crippen LogP contribution < -0.4 is 0 Å². The molecule has 0 aliphatic rings. The molecule has 0 saturated carbocycles. The highest BCUT2D eigenvalue weighted by Crippen LogP contribution is 2.26. The van der Waals surface area contributed by atoms with Gasteiger partial charge in [-0.1, -0.05) is 35.3 Å². The molecule has 0 amide bonds. The summed E-state index contributed by atoms with van der Waals surface area (Å²) in [5.74, 6) is -0.937. The van der Waals surface area contributed by atoms with Crippen LogP contribution in [0.15, 0.2) is 42.6 Å². The van der Waals surface area contributed by atoms with Gasteiger partial charge in [0, 0.05) is 12.3 Å². The second kappa shape index (κ2) is 7.11. The van der Waals surface area contributed by atoms with E-state index in [1.165, 1.54) is 12.2 Å². The molecule has 0 radical (unpaired) electrons. The van der Waals surface area contributed by atoms with Crippen LogP contribution in [0.5, 0.6) is 0 Å². The minimum absolute atomic E-state index is 0.303. The van der Waals surface area contributed by atoms with Gasteiger partial charge >= 0.3 is 5.97 Å². The molecule has 21 heavy (non-hydrogen) atoms. The van der Waals surface area contributed by atoms with E-state index in [1.54, 1.807) is 36.5 Å². The van der Waals surface area contributed by atoms with Crippen molar-refractivity contribution in [2.45, 2.75) is 0 Å². The molecule has 0 unspecified atom stereocenters. The van der Waals surface area contributed by atoms with E-state index in [0.29, 0.717) is 21.3 Å². The average molecular weight is 324 g/mol. The first kappa shape index (κ1) is 15.4. The van der Waals surface area contributed by atoms with Gasteiger partial charge in [0.2, 0.25) is 5.78 Å². The zero-order valence-electron chi connectivity index (χ0n) is 10.8. The van der Waals surface area contributed by atoms with Crippen LogP contribution in [-0.2, 0) is 9.53 Å². The van der Waals surface area contributed by atoms with Gasteiger partial charge in [0.25, 0.3) is 0 Å². The number of Topliss-reactive ketones (excluding diaryl/α,β-unsaturated/α-hetero) is 1. The number of hydrogen-bond donors (Lipinski definition) is 1. The Balaban J connectivity index is 1.91. The van der Waals surface area contributed by atoms with Crippen molar-refractivity contribution in [3.63, 3.8) is 0 Å². The lowest BCUT2D eigenvalue weighted by molar-refractivity contribution is -0.136. The maximum Gasteiger partial charge on any atom is 0.331 e. The summed E-state index contributed by atoms with van der Waals surface area (Å²) in [6.07, 6.45) is 4.30. The molecule has 0 spiro atoms. The summed E-state index contributed by atoms with van der Waals surface area (Å²) in [6.45, 7) is -0.326. The number of carbonyl (C=O) groups excluding carboxylic acids is 2. The summed E-state index contributed by atoms with van der Waals surface area (Å²) in [5.41, 5.74) is 0.987. The number of aromatic nitrogens is 1. The zero-order chi connectivity index (χ0) is 15.2. The molecule has 4 nitrogen and oxygen atoms in total. The number of benzene rings is 1. The first-order valence-corrected chi connectivity index (χ1v) is 6.79. The fourth-order valence-corrected chi connectivity index (χ4v) is 1.94. The van der Waals surface area contributed by atoms with Gasteiger partial charge in [0.05, 0.1) is 15.7 Å². The molecule has 0 bridgehead atoms. The molecule has 108 valence electrons. The second-order valence-electron chi connectivity index (χ2n) is 4.09. The van der Waals surface area contributed by atoms with Crippen LogP contribution in [0.25, 0.3) is 6.08 Å². The van der Waals surface area contributed by atoms with Crippen LogP contribution in [0.3, 0.4) is 0 Å². The van der Waals surface area contributed by atoms with Gasteiger partial charge in [-0.05, 0) is 29.8 Å². The summed E-state index contributed by atoms with van der Waals surface area (Å²) in [4.78, 5) is 25.9. The Labute approximate surface area is 131 Å². The van der Waals surface area contributed by atoms with E-state index in [4.69, 9.17) is 27.9 Å². The predicted molar refractivity (Wildman–Crippen MR) is 81.6 cm³/mol. The number of ether oxygens (including phenoxy) is 1. The number of ketones is 1. The lowest BCUT2D eigenvalue weighted by Gasteiger charge is -2.01. The van der Waals surface area contributed by atoms with Gasteiger partial charge in [0.1, 0.15) is 0 Å². The van der Waals surface area contributed by atoms with E-state index < -0.39 is 5.97 Å². The van der Waals surface area contributed by atoms with Gasteiger partial charge in [0.15, 0.2) is 6.61 Å². The quantitative estimate of drug-likeness (QED) is 0.517. The lowest BCUT2D eigenvalue weighted by Crippen LogP contribution is -2.12. The highest BCUT2D eigenvalue weighted by atomic mass is 35.5. The highest BCUT2D eigenvalue weighted by molar-refractivity contribution is 6.42. The third-order valence-corrected chi connectivity index (χ3v) is 3.46. The van der Waals surface area contributed by atoms with Crippen molar-refractivity contribution in [1.29, 1.82) is 0 Å². The number of halogens is 2. The summed E-state index contributed by atoms with van der Waals surface area (Å²) < 4.78 is 4.85. The summed E-state index contributed by atoms with van der Waals surface area (Å²) >= 11 is 11.8. The summed E-state index contributed by atoms with van der Waals surface area (Å²) in [7, 11) is 0. The molecule has 0 atom stereocenters. The number of esters is 1. The Kier molecular flexibility index (Phi) is 5.20. The first-order valence-electron chi connectivity index (χ1n) is 6.03. The largest absolute Gasteiger partial charge is 0.454 e. The molecule has 0 fully saturated rings. The third kappa shape index (κ3) is 4.21. The Morgan fingerprint density at radius 2 is 2.00 bits per heavy atom. The van der Waals surface area contributed by atoms with E-state index in [9.17, 15) is 9.59 Å². The maximum absolute atomic E-state index is 11.6. The van der Waals surface area contributed by atoms with Gasteiger partial charge in [-0.2, -0.15) is 0 Å². The van der Waals surface area contributed by atoms with Crippen molar-refractivity contribution in [3.05, 3.63) is 63.9 Å². The van der Waals surface area contributed by atoms with E-state index >= 15 is 0 Å². The number of carbonyl (C=O) groups is 2. The molecule has 0 saturated heterocycles. The molecule has 1 aromatic carbocycles. The summed E-state index contributed by atoms with van der Waals surface area (Å²) in [5, 5.41) is 0.750. The molecule has 6 heteroatoms. The van der Waals surface area contributed by atoms with Crippen molar-refractivity contribution >= 4 is 41.0 Å².